The van der Waals surface area contributed by atoms with Gasteiger partial charge in [-0.3, -0.25) is 9.59 Å². The third-order valence-electron chi connectivity index (χ3n) is 3.09. The van der Waals surface area contributed by atoms with Gasteiger partial charge in [-0.05, 0) is 36.6 Å². The highest BCUT2D eigenvalue weighted by Crippen LogP contribution is 2.18. The number of carbonyl (C=O) groups excluding carboxylic acids is 2. The van der Waals surface area contributed by atoms with Crippen molar-refractivity contribution in [1.82, 2.24) is 4.90 Å². The second-order valence-electron chi connectivity index (χ2n) is 5.44. The molecule has 0 heterocycles. The van der Waals surface area contributed by atoms with Crippen molar-refractivity contribution >= 4 is 27.8 Å². The van der Waals surface area contributed by atoms with Gasteiger partial charge in [0.1, 0.15) is 0 Å². The summed E-state index contributed by atoms with van der Waals surface area (Å²) in [6.45, 7) is 7.03. The Balaban J connectivity index is 2.87. The van der Waals surface area contributed by atoms with Crippen molar-refractivity contribution in [2.75, 3.05) is 20.2 Å². The molecule has 0 spiro atoms. The average Bonchev–Trinajstić information content (AvgIpc) is 2.44. The standard InChI is InChI=1S/C16H22BrNO3/c1-11(2)10-18(8-7-15(19)21-4)16(20)13-5-6-14(17)12(3)9-13/h5-6,9,11H,7-8,10H2,1-4H3. The number of hydrogen-bond donors (Lipinski definition) is 0. The van der Waals surface area contributed by atoms with E-state index in [0.29, 0.717) is 24.6 Å². The Morgan fingerprint density at radius 1 is 1.33 bits per heavy atom. The van der Waals surface area contributed by atoms with Crippen LogP contribution in [0, 0.1) is 12.8 Å². The van der Waals surface area contributed by atoms with E-state index in [4.69, 9.17) is 0 Å². The SMILES string of the molecule is COC(=O)CCN(CC(C)C)C(=O)c1ccc(Br)c(C)c1. The zero-order valence-corrected chi connectivity index (χ0v) is 14.6. The van der Waals surface area contributed by atoms with Crippen LogP contribution in [-0.4, -0.2) is 37.0 Å². The predicted octanol–water partition coefficient (Wildman–Crippen LogP) is 3.42. The molecule has 1 aromatic rings. The molecule has 0 aliphatic heterocycles. The van der Waals surface area contributed by atoms with Crippen LogP contribution in [0.15, 0.2) is 22.7 Å². The van der Waals surface area contributed by atoms with Gasteiger partial charge in [-0.25, -0.2) is 0 Å². The highest BCUT2D eigenvalue weighted by molar-refractivity contribution is 9.10. The smallest absolute Gasteiger partial charge is 0.307 e. The van der Waals surface area contributed by atoms with Gasteiger partial charge in [-0.15, -0.1) is 0 Å². The van der Waals surface area contributed by atoms with Crippen LogP contribution < -0.4 is 0 Å². The number of nitrogens with zero attached hydrogens (tertiary/aromatic N) is 1. The molecule has 0 aromatic heterocycles. The van der Waals surface area contributed by atoms with Crippen LogP contribution in [0.3, 0.4) is 0 Å². The summed E-state index contributed by atoms with van der Waals surface area (Å²) >= 11 is 3.43. The summed E-state index contributed by atoms with van der Waals surface area (Å²) < 4.78 is 5.62. The summed E-state index contributed by atoms with van der Waals surface area (Å²) in [6, 6.07) is 5.53. The van der Waals surface area contributed by atoms with Crippen LogP contribution in [0.25, 0.3) is 0 Å². The molecule has 0 atom stereocenters. The van der Waals surface area contributed by atoms with E-state index in [0.717, 1.165) is 10.0 Å². The van der Waals surface area contributed by atoms with Gasteiger partial charge in [0.05, 0.1) is 13.5 Å². The molecule has 5 heteroatoms. The first-order valence-corrected chi connectivity index (χ1v) is 7.76. The average molecular weight is 356 g/mol. The maximum absolute atomic E-state index is 12.6. The van der Waals surface area contributed by atoms with Gasteiger partial charge in [-0.1, -0.05) is 29.8 Å². The van der Waals surface area contributed by atoms with E-state index >= 15 is 0 Å². The number of hydrogen-bond acceptors (Lipinski definition) is 3. The quantitative estimate of drug-likeness (QED) is 0.734. The summed E-state index contributed by atoms with van der Waals surface area (Å²) in [7, 11) is 1.36. The second-order valence-corrected chi connectivity index (χ2v) is 6.29. The molecule has 0 bridgehead atoms. The van der Waals surface area contributed by atoms with Crippen molar-refractivity contribution in [2.45, 2.75) is 27.2 Å². The maximum atomic E-state index is 12.6. The normalized spacial score (nSPS) is 10.6. The molecule has 0 unspecified atom stereocenters. The van der Waals surface area contributed by atoms with E-state index in [-0.39, 0.29) is 18.3 Å². The van der Waals surface area contributed by atoms with Crippen molar-refractivity contribution in [3.05, 3.63) is 33.8 Å². The number of benzene rings is 1. The summed E-state index contributed by atoms with van der Waals surface area (Å²) in [6.07, 6.45) is 0.213. The zero-order chi connectivity index (χ0) is 16.0. The molecule has 0 saturated heterocycles. The molecule has 0 radical (unpaired) electrons. The first kappa shape index (κ1) is 17.7. The van der Waals surface area contributed by atoms with E-state index in [9.17, 15) is 9.59 Å². The van der Waals surface area contributed by atoms with Crippen molar-refractivity contribution in [3.8, 4) is 0 Å². The fourth-order valence-electron chi connectivity index (χ4n) is 2.01. The molecule has 0 saturated carbocycles. The molecule has 21 heavy (non-hydrogen) atoms. The minimum atomic E-state index is -0.302. The molecule has 116 valence electrons. The first-order valence-electron chi connectivity index (χ1n) is 6.97. The highest BCUT2D eigenvalue weighted by Gasteiger charge is 2.18. The summed E-state index contributed by atoms with van der Waals surface area (Å²) in [5.41, 5.74) is 1.65. The fourth-order valence-corrected chi connectivity index (χ4v) is 2.25. The molecular weight excluding hydrogens is 334 g/mol. The number of aryl methyl sites for hydroxylation is 1. The number of halogens is 1. The van der Waals surface area contributed by atoms with Crippen LogP contribution in [0.5, 0.6) is 0 Å². The summed E-state index contributed by atoms with van der Waals surface area (Å²) in [5.74, 6) is -0.0186. The number of esters is 1. The van der Waals surface area contributed by atoms with Crippen molar-refractivity contribution in [3.63, 3.8) is 0 Å². The molecule has 1 rings (SSSR count). The van der Waals surface area contributed by atoms with E-state index < -0.39 is 0 Å². The largest absolute Gasteiger partial charge is 0.469 e. The Hall–Kier alpha value is -1.36. The van der Waals surface area contributed by atoms with Gasteiger partial charge >= 0.3 is 5.97 Å². The van der Waals surface area contributed by atoms with E-state index in [2.05, 4.69) is 20.7 Å². The lowest BCUT2D eigenvalue weighted by Gasteiger charge is -2.24. The molecule has 0 aliphatic carbocycles. The van der Waals surface area contributed by atoms with Gasteiger partial charge in [0.2, 0.25) is 0 Å². The third kappa shape index (κ3) is 5.50. The number of methoxy groups -OCH3 is 1. The van der Waals surface area contributed by atoms with Crippen LogP contribution in [0.2, 0.25) is 0 Å². The van der Waals surface area contributed by atoms with Crippen LogP contribution >= 0.6 is 15.9 Å². The third-order valence-corrected chi connectivity index (χ3v) is 3.98. The molecule has 0 fully saturated rings. The van der Waals surface area contributed by atoms with Gasteiger partial charge in [-0.2, -0.15) is 0 Å². The zero-order valence-electron chi connectivity index (χ0n) is 13.0. The molecule has 1 aromatic carbocycles. The lowest BCUT2D eigenvalue weighted by molar-refractivity contribution is -0.140. The minimum Gasteiger partial charge on any atom is -0.469 e. The van der Waals surface area contributed by atoms with Crippen LogP contribution in [0.4, 0.5) is 0 Å². The maximum Gasteiger partial charge on any atom is 0.307 e. The molecule has 1 amide bonds. The molecule has 0 N–H and O–H groups in total. The Kier molecular flexibility index (Phi) is 6.89. The second kappa shape index (κ2) is 8.17. The van der Waals surface area contributed by atoms with Crippen molar-refractivity contribution < 1.29 is 14.3 Å². The Labute approximate surface area is 134 Å². The number of rotatable bonds is 6. The first-order chi connectivity index (χ1) is 9.85. The lowest BCUT2D eigenvalue weighted by Crippen LogP contribution is -2.36. The van der Waals surface area contributed by atoms with Gasteiger partial charge in [0.15, 0.2) is 0 Å². The van der Waals surface area contributed by atoms with Gasteiger partial charge in [0.25, 0.3) is 5.91 Å². The van der Waals surface area contributed by atoms with E-state index in [1.807, 2.05) is 32.9 Å². The highest BCUT2D eigenvalue weighted by atomic mass is 79.9. The number of amides is 1. The monoisotopic (exact) mass is 355 g/mol. The van der Waals surface area contributed by atoms with E-state index in [1.165, 1.54) is 7.11 Å². The fraction of sp³-hybridized carbons (Fsp3) is 0.500. The van der Waals surface area contributed by atoms with Crippen LogP contribution in [-0.2, 0) is 9.53 Å². The van der Waals surface area contributed by atoms with Crippen LogP contribution in [0.1, 0.15) is 36.2 Å². The molecule has 0 aliphatic rings. The minimum absolute atomic E-state index is 0.0526. The summed E-state index contributed by atoms with van der Waals surface area (Å²) in [4.78, 5) is 25.6. The number of ether oxygens (including phenoxy) is 1. The predicted molar refractivity (Wildman–Crippen MR) is 86.3 cm³/mol. The molecular formula is C16H22BrNO3. The summed E-state index contributed by atoms with van der Waals surface area (Å²) in [5, 5.41) is 0. The van der Waals surface area contributed by atoms with Crippen molar-refractivity contribution in [2.24, 2.45) is 5.92 Å². The Morgan fingerprint density at radius 2 is 2.00 bits per heavy atom. The van der Waals surface area contributed by atoms with Crippen molar-refractivity contribution in [1.29, 1.82) is 0 Å². The molecule has 4 nitrogen and oxygen atoms in total. The number of carbonyl (C=O) groups is 2. The topological polar surface area (TPSA) is 46.6 Å². The van der Waals surface area contributed by atoms with Gasteiger partial charge < -0.3 is 9.64 Å². The Morgan fingerprint density at radius 3 is 2.52 bits per heavy atom. The van der Waals surface area contributed by atoms with Gasteiger partial charge in [0, 0.05) is 23.1 Å². The Bertz CT molecular complexity index is 514. The van der Waals surface area contributed by atoms with E-state index in [1.54, 1.807) is 11.0 Å². The lowest BCUT2D eigenvalue weighted by atomic mass is 10.1.